The largest absolute Gasteiger partial charge is 0.391 e. The van der Waals surface area contributed by atoms with Gasteiger partial charge in [-0.1, -0.05) is 0 Å². The van der Waals surface area contributed by atoms with Gasteiger partial charge in [-0.25, -0.2) is 4.79 Å². The summed E-state index contributed by atoms with van der Waals surface area (Å²) >= 11 is 0. The normalized spacial score (nSPS) is 25.5. The Bertz CT molecular complexity index is 404. The van der Waals surface area contributed by atoms with E-state index in [4.69, 9.17) is 10.6 Å². The van der Waals surface area contributed by atoms with Crippen LogP contribution in [-0.4, -0.2) is 15.7 Å². The molecule has 82 valence electrons. The van der Waals surface area contributed by atoms with Crippen LogP contribution in [0, 0.1) is 0 Å². The van der Waals surface area contributed by atoms with Gasteiger partial charge in [0.05, 0.1) is 6.10 Å². The first-order chi connectivity index (χ1) is 7.20. The number of hydrogen-bond donors (Lipinski definition) is 1. The Kier molecular flexibility index (Phi) is 2.70. The molecule has 1 aliphatic heterocycles. The SMILES string of the molecule is CC1CCC(n2ccc(ON)nc2=O)O1. The number of nitrogens with two attached hydrogens (primary N) is 1. The van der Waals surface area contributed by atoms with Crippen LogP contribution in [0.4, 0.5) is 0 Å². The highest BCUT2D eigenvalue weighted by Crippen LogP contribution is 2.26. The van der Waals surface area contributed by atoms with Crippen LogP contribution in [0.2, 0.25) is 0 Å². The first-order valence-electron chi connectivity index (χ1n) is 4.82. The smallest absolute Gasteiger partial charge is 0.353 e. The van der Waals surface area contributed by atoms with E-state index >= 15 is 0 Å². The molecule has 6 nitrogen and oxygen atoms in total. The zero-order chi connectivity index (χ0) is 10.8. The molecule has 2 heterocycles. The zero-order valence-electron chi connectivity index (χ0n) is 8.42. The maximum atomic E-state index is 11.5. The van der Waals surface area contributed by atoms with Crippen LogP contribution < -0.4 is 16.4 Å². The van der Waals surface area contributed by atoms with Crippen LogP contribution in [0.1, 0.15) is 26.0 Å². The Hall–Kier alpha value is -1.40. The molecule has 0 aromatic carbocycles. The minimum atomic E-state index is -0.406. The van der Waals surface area contributed by atoms with Crippen molar-refractivity contribution in [3.05, 3.63) is 22.7 Å². The third-order valence-electron chi connectivity index (χ3n) is 2.44. The van der Waals surface area contributed by atoms with E-state index in [0.29, 0.717) is 0 Å². The maximum Gasteiger partial charge on any atom is 0.353 e. The van der Waals surface area contributed by atoms with E-state index in [-0.39, 0.29) is 18.2 Å². The van der Waals surface area contributed by atoms with E-state index in [1.165, 1.54) is 10.6 Å². The van der Waals surface area contributed by atoms with Gasteiger partial charge in [-0.2, -0.15) is 10.9 Å². The molecule has 0 saturated carbocycles. The van der Waals surface area contributed by atoms with Crippen molar-refractivity contribution in [2.24, 2.45) is 5.90 Å². The highest BCUT2D eigenvalue weighted by molar-refractivity contribution is 5.05. The Labute approximate surface area is 86.6 Å². The maximum absolute atomic E-state index is 11.5. The van der Waals surface area contributed by atoms with Gasteiger partial charge < -0.3 is 9.57 Å². The van der Waals surface area contributed by atoms with Crippen LogP contribution in [0.5, 0.6) is 5.88 Å². The molecule has 1 aromatic heterocycles. The van der Waals surface area contributed by atoms with Crippen molar-refractivity contribution in [3.63, 3.8) is 0 Å². The van der Waals surface area contributed by atoms with Gasteiger partial charge in [-0.15, -0.1) is 0 Å². The fraction of sp³-hybridized carbons (Fsp3) is 0.556. The number of ether oxygens (including phenoxy) is 1. The summed E-state index contributed by atoms with van der Waals surface area (Å²) in [6.45, 7) is 1.98. The monoisotopic (exact) mass is 211 g/mol. The third kappa shape index (κ3) is 2.00. The summed E-state index contributed by atoms with van der Waals surface area (Å²) in [5.41, 5.74) is -0.406. The van der Waals surface area contributed by atoms with Gasteiger partial charge >= 0.3 is 5.69 Å². The minimum absolute atomic E-state index is 0.113. The molecule has 1 aliphatic rings. The molecular formula is C9H13N3O3. The molecule has 1 aromatic rings. The standard InChI is InChI=1S/C9H13N3O3/c1-6-2-3-8(14-6)12-5-4-7(15-10)11-9(12)13/h4-6,8H,2-3,10H2,1H3. The molecule has 2 rings (SSSR count). The molecule has 2 unspecified atom stereocenters. The molecule has 0 amide bonds. The molecule has 6 heteroatoms. The van der Waals surface area contributed by atoms with Crippen LogP contribution in [0.3, 0.4) is 0 Å². The lowest BCUT2D eigenvalue weighted by Crippen LogP contribution is -2.27. The van der Waals surface area contributed by atoms with Gasteiger partial charge in [-0.05, 0) is 19.8 Å². The average molecular weight is 211 g/mol. The van der Waals surface area contributed by atoms with Crippen LogP contribution in [0.25, 0.3) is 0 Å². The second-order valence-electron chi connectivity index (χ2n) is 3.55. The lowest BCUT2D eigenvalue weighted by Gasteiger charge is -2.13. The third-order valence-corrected chi connectivity index (χ3v) is 2.44. The van der Waals surface area contributed by atoms with E-state index in [0.717, 1.165) is 12.8 Å². The summed E-state index contributed by atoms with van der Waals surface area (Å²) < 4.78 is 7.00. The second-order valence-corrected chi connectivity index (χ2v) is 3.55. The van der Waals surface area contributed by atoms with E-state index in [1.807, 2.05) is 6.92 Å². The Morgan fingerprint density at radius 1 is 1.67 bits per heavy atom. The Morgan fingerprint density at radius 3 is 3.00 bits per heavy atom. The van der Waals surface area contributed by atoms with Crippen molar-refractivity contribution < 1.29 is 9.57 Å². The van der Waals surface area contributed by atoms with Crippen LogP contribution in [0.15, 0.2) is 17.1 Å². The van der Waals surface area contributed by atoms with Crippen molar-refractivity contribution in [1.29, 1.82) is 0 Å². The number of rotatable bonds is 2. The van der Waals surface area contributed by atoms with Crippen LogP contribution >= 0.6 is 0 Å². The highest BCUT2D eigenvalue weighted by atomic mass is 16.6. The molecule has 2 N–H and O–H groups in total. The van der Waals surface area contributed by atoms with Gasteiger partial charge in [0.15, 0.2) is 0 Å². The molecule has 1 fully saturated rings. The summed E-state index contributed by atoms with van der Waals surface area (Å²) in [5.74, 6) is 5.02. The van der Waals surface area contributed by atoms with E-state index in [9.17, 15) is 4.79 Å². The second kappa shape index (κ2) is 4.00. The fourth-order valence-corrected chi connectivity index (χ4v) is 1.67. The van der Waals surface area contributed by atoms with Crippen molar-refractivity contribution in [2.75, 3.05) is 0 Å². The summed E-state index contributed by atoms with van der Waals surface area (Å²) in [7, 11) is 0. The van der Waals surface area contributed by atoms with Gasteiger partial charge in [0.25, 0.3) is 0 Å². The summed E-state index contributed by atoms with van der Waals surface area (Å²) in [5, 5.41) is 0. The molecule has 0 radical (unpaired) electrons. The zero-order valence-corrected chi connectivity index (χ0v) is 8.42. The van der Waals surface area contributed by atoms with E-state index in [2.05, 4.69) is 9.82 Å². The van der Waals surface area contributed by atoms with Gasteiger partial charge in [0, 0.05) is 12.3 Å². The number of hydrogen-bond acceptors (Lipinski definition) is 5. The predicted octanol–water partition coefficient (Wildman–Crippen LogP) is 0.193. The van der Waals surface area contributed by atoms with E-state index < -0.39 is 5.69 Å². The predicted molar refractivity (Wildman–Crippen MR) is 52.1 cm³/mol. The molecular weight excluding hydrogens is 198 g/mol. The molecule has 0 aliphatic carbocycles. The van der Waals surface area contributed by atoms with Crippen molar-refractivity contribution in [3.8, 4) is 5.88 Å². The molecule has 0 spiro atoms. The quantitative estimate of drug-likeness (QED) is 0.706. The lowest BCUT2D eigenvalue weighted by molar-refractivity contribution is 0.00778. The van der Waals surface area contributed by atoms with Crippen molar-refractivity contribution in [2.45, 2.75) is 32.1 Å². The van der Waals surface area contributed by atoms with Crippen molar-refractivity contribution in [1.82, 2.24) is 9.55 Å². The summed E-state index contributed by atoms with van der Waals surface area (Å²) in [6, 6.07) is 1.54. The lowest BCUT2D eigenvalue weighted by atomic mass is 10.2. The first kappa shape index (κ1) is 10.1. The molecule has 1 saturated heterocycles. The van der Waals surface area contributed by atoms with E-state index in [1.54, 1.807) is 6.20 Å². The summed E-state index contributed by atoms with van der Waals surface area (Å²) in [4.78, 5) is 19.5. The topological polar surface area (TPSA) is 79.4 Å². The number of aromatic nitrogens is 2. The Morgan fingerprint density at radius 2 is 2.47 bits per heavy atom. The minimum Gasteiger partial charge on any atom is -0.391 e. The summed E-state index contributed by atoms with van der Waals surface area (Å²) in [6.07, 6.45) is 3.33. The van der Waals surface area contributed by atoms with Gasteiger partial charge in [0.2, 0.25) is 5.88 Å². The van der Waals surface area contributed by atoms with Crippen molar-refractivity contribution >= 4 is 0 Å². The van der Waals surface area contributed by atoms with Gasteiger partial charge in [-0.3, -0.25) is 4.57 Å². The molecule has 2 atom stereocenters. The first-order valence-corrected chi connectivity index (χ1v) is 4.82. The average Bonchev–Trinajstić information content (AvgIpc) is 2.64. The van der Waals surface area contributed by atoms with Gasteiger partial charge in [0.1, 0.15) is 6.23 Å². The fourth-order valence-electron chi connectivity index (χ4n) is 1.67. The number of nitrogens with zero attached hydrogens (tertiary/aromatic N) is 2. The Balaban J connectivity index is 2.26. The highest BCUT2D eigenvalue weighted by Gasteiger charge is 2.24. The van der Waals surface area contributed by atoms with Crippen LogP contribution in [-0.2, 0) is 4.74 Å². The molecule has 0 bridgehead atoms. The molecule has 15 heavy (non-hydrogen) atoms.